The quantitative estimate of drug-likeness (QED) is 0.441. The molecule has 0 amide bonds. The summed E-state index contributed by atoms with van der Waals surface area (Å²) in [5, 5.41) is 8.41. The molecule has 0 aliphatic carbocycles. The molecule has 4 heterocycles. The van der Waals surface area contributed by atoms with Gasteiger partial charge in [0.05, 0.1) is 42.0 Å². The highest BCUT2D eigenvalue weighted by Crippen LogP contribution is 2.38. The number of pyridine rings is 1. The Labute approximate surface area is 189 Å². The van der Waals surface area contributed by atoms with Crippen molar-refractivity contribution in [1.82, 2.24) is 14.3 Å². The van der Waals surface area contributed by atoms with Gasteiger partial charge in [-0.25, -0.2) is 13.4 Å². The van der Waals surface area contributed by atoms with Gasteiger partial charge in [-0.3, -0.25) is 0 Å². The average Bonchev–Trinajstić information content (AvgIpc) is 3.50. The second kappa shape index (κ2) is 8.55. The molecule has 8 nitrogen and oxygen atoms in total. The number of rotatable bonds is 6. The van der Waals surface area contributed by atoms with Crippen LogP contribution in [-0.4, -0.2) is 56.1 Å². The summed E-state index contributed by atoms with van der Waals surface area (Å²) in [7, 11) is -2.08. The molecular formula is C22H22N4O4S2. The van der Waals surface area contributed by atoms with Crippen LogP contribution in [0.2, 0.25) is 0 Å². The fourth-order valence-corrected chi connectivity index (χ4v) is 5.93. The van der Waals surface area contributed by atoms with Gasteiger partial charge in [-0.15, -0.1) is 0 Å². The standard InChI is InChI=1S/C22H22N4O4S2/c1-29-20-3-2-16(32(27,28)26-7-9-30-10-8-26)12-18(20)25-19-13-24-22-21(19)17(4-6-23-22)15-5-11-31-14-15/h2-6,11-14,25H,7-10H2,1H3,(H,23,24). The van der Waals surface area contributed by atoms with Gasteiger partial charge >= 0.3 is 0 Å². The molecule has 1 aromatic carbocycles. The maximum atomic E-state index is 13.2. The van der Waals surface area contributed by atoms with Crippen LogP contribution in [0.5, 0.6) is 5.75 Å². The molecule has 0 atom stereocenters. The van der Waals surface area contributed by atoms with E-state index in [9.17, 15) is 8.42 Å². The first-order valence-corrected chi connectivity index (χ1v) is 12.5. The fourth-order valence-electron chi connectivity index (χ4n) is 3.84. The van der Waals surface area contributed by atoms with E-state index in [2.05, 4.69) is 26.7 Å². The molecule has 1 saturated heterocycles. The summed E-state index contributed by atoms with van der Waals surface area (Å²) in [6, 6.07) is 8.89. The van der Waals surface area contributed by atoms with Gasteiger partial charge in [0.15, 0.2) is 0 Å². The number of methoxy groups -OCH3 is 1. The van der Waals surface area contributed by atoms with Gasteiger partial charge in [0.1, 0.15) is 11.4 Å². The average molecular weight is 471 g/mol. The Morgan fingerprint density at radius 1 is 1.19 bits per heavy atom. The van der Waals surface area contributed by atoms with Gasteiger partial charge in [0.25, 0.3) is 0 Å². The van der Waals surface area contributed by atoms with Gasteiger partial charge in [-0.2, -0.15) is 15.6 Å². The Morgan fingerprint density at radius 2 is 2.03 bits per heavy atom. The summed E-state index contributed by atoms with van der Waals surface area (Å²) in [5.74, 6) is 0.543. The van der Waals surface area contributed by atoms with E-state index in [1.54, 1.807) is 42.8 Å². The Kier molecular flexibility index (Phi) is 5.60. The van der Waals surface area contributed by atoms with Crippen molar-refractivity contribution in [2.45, 2.75) is 4.90 Å². The minimum absolute atomic E-state index is 0.207. The summed E-state index contributed by atoms with van der Waals surface area (Å²) in [6.07, 6.45) is 3.60. The number of ether oxygens (including phenoxy) is 2. The number of aromatic nitrogens is 2. The van der Waals surface area contributed by atoms with Crippen molar-refractivity contribution in [3.8, 4) is 16.9 Å². The summed E-state index contributed by atoms with van der Waals surface area (Å²) >= 11 is 1.63. The van der Waals surface area contributed by atoms with E-state index in [1.165, 1.54) is 4.31 Å². The zero-order chi connectivity index (χ0) is 22.1. The highest BCUT2D eigenvalue weighted by molar-refractivity contribution is 7.89. The lowest BCUT2D eigenvalue weighted by Crippen LogP contribution is -2.40. The third kappa shape index (κ3) is 3.75. The number of benzene rings is 1. The molecule has 166 valence electrons. The Balaban J connectivity index is 1.56. The number of aromatic amines is 1. The summed E-state index contributed by atoms with van der Waals surface area (Å²) in [4.78, 5) is 7.84. The number of fused-ring (bicyclic) bond motifs is 1. The van der Waals surface area contributed by atoms with Crippen LogP contribution in [0.4, 0.5) is 11.4 Å². The van der Waals surface area contributed by atoms with Crippen molar-refractivity contribution >= 4 is 43.8 Å². The molecule has 1 aliphatic rings. The zero-order valence-electron chi connectivity index (χ0n) is 17.4. The second-order valence-corrected chi connectivity index (χ2v) is 10.0. The number of thiophene rings is 1. The predicted octanol–water partition coefficient (Wildman–Crippen LogP) is 4.06. The molecule has 0 radical (unpaired) electrons. The number of hydrogen-bond acceptors (Lipinski definition) is 7. The van der Waals surface area contributed by atoms with Crippen LogP contribution in [0.3, 0.4) is 0 Å². The molecular weight excluding hydrogens is 448 g/mol. The van der Waals surface area contributed by atoms with E-state index in [-0.39, 0.29) is 4.90 Å². The molecule has 1 aliphatic heterocycles. The summed E-state index contributed by atoms with van der Waals surface area (Å²) in [5.41, 5.74) is 4.22. The summed E-state index contributed by atoms with van der Waals surface area (Å²) < 4.78 is 38.6. The normalized spacial score (nSPS) is 15.2. The van der Waals surface area contributed by atoms with E-state index in [0.717, 1.165) is 27.8 Å². The van der Waals surface area contributed by atoms with E-state index in [1.807, 2.05) is 17.6 Å². The van der Waals surface area contributed by atoms with Crippen LogP contribution in [0.1, 0.15) is 0 Å². The third-order valence-electron chi connectivity index (χ3n) is 5.45. The van der Waals surface area contributed by atoms with Crippen molar-refractivity contribution in [2.24, 2.45) is 0 Å². The SMILES string of the molecule is COc1ccc(S(=O)(=O)N2CCOCC2)cc1Nc1c[nH]c2nccc(-c3ccsc3)c12. The van der Waals surface area contributed by atoms with Gasteiger partial charge in [-0.1, -0.05) is 0 Å². The Hall–Kier alpha value is -2.92. The number of nitrogens with zero attached hydrogens (tertiary/aromatic N) is 2. The lowest BCUT2D eigenvalue weighted by atomic mass is 10.1. The van der Waals surface area contributed by atoms with Gasteiger partial charge < -0.3 is 19.8 Å². The zero-order valence-corrected chi connectivity index (χ0v) is 19.0. The molecule has 4 aromatic rings. The monoisotopic (exact) mass is 470 g/mol. The number of morpholine rings is 1. The lowest BCUT2D eigenvalue weighted by molar-refractivity contribution is 0.0730. The molecule has 2 N–H and O–H groups in total. The summed E-state index contributed by atoms with van der Waals surface area (Å²) in [6.45, 7) is 1.48. The van der Waals surface area contributed by atoms with E-state index < -0.39 is 10.0 Å². The van der Waals surface area contributed by atoms with Crippen LogP contribution >= 0.6 is 11.3 Å². The highest BCUT2D eigenvalue weighted by atomic mass is 32.2. The number of nitrogens with one attached hydrogen (secondary N) is 2. The molecule has 0 saturated carbocycles. The van der Waals surface area contributed by atoms with E-state index in [4.69, 9.17) is 9.47 Å². The predicted molar refractivity (Wildman–Crippen MR) is 125 cm³/mol. The molecule has 5 rings (SSSR count). The largest absolute Gasteiger partial charge is 0.495 e. The highest BCUT2D eigenvalue weighted by Gasteiger charge is 2.27. The van der Waals surface area contributed by atoms with Crippen molar-refractivity contribution in [1.29, 1.82) is 0 Å². The minimum Gasteiger partial charge on any atom is -0.495 e. The van der Waals surface area contributed by atoms with Crippen molar-refractivity contribution < 1.29 is 17.9 Å². The Morgan fingerprint density at radius 3 is 2.78 bits per heavy atom. The maximum absolute atomic E-state index is 13.2. The van der Waals surface area contributed by atoms with Gasteiger partial charge in [-0.05, 0) is 52.2 Å². The van der Waals surface area contributed by atoms with Crippen LogP contribution in [0.15, 0.2) is 58.4 Å². The smallest absolute Gasteiger partial charge is 0.243 e. The first kappa shape index (κ1) is 21.0. The lowest BCUT2D eigenvalue weighted by Gasteiger charge is -2.26. The molecule has 32 heavy (non-hydrogen) atoms. The first-order valence-electron chi connectivity index (χ1n) is 10.1. The van der Waals surface area contributed by atoms with E-state index in [0.29, 0.717) is 37.7 Å². The van der Waals surface area contributed by atoms with Crippen molar-refractivity contribution in [3.05, 3.63) is 53.5 Å². The molecule has 1 fully saturated rings. The second-order valence-electron chi connectivity index (χ2n) is 7.30. The number of hydrogen-bond donors (Lipinski definition) is 2. The molecule has 0 bridgehead atoms. The van der Waals surface area contributed by atoms with Crippen LogP contribution < -0.4 is 10.1 Å². The minimum atomic E-state index is -3.64. The van der Waals surface area contributed by atoms with Gasteiger partial charge in [0.2, 0.25) is 10.0 Å². The molecule has 3 aromatic heterocycles. The van der Waals surface area contributed by atoms with Crippen molar-refractivity contribution in [2.75, 3.05) is 38.7 Å². The topological polar surface area (TPSA) is 96.5 Å². The van der Waals surface area contributed by atoms with Crippen LogP contribution in [-0.2, 0) is 14.8 Å². The van der Waals surface area contributed by atoms with Crippen LogP contribution in [0.25, 0.3) is 22.2 Å². The Bertz CT molecular complexity index is 1340. The maximum Gasteiger partial charge on any atom is 0.243 e. The molecule has 10 heteroatoms. The number of anilines is 2. The number of H-pyrrole nitrogens is 1. The van der Waals surface area contributed by atoms with Gasteiger partial charge in [0, 0.05) is 25.5 Å². The molecule has 0 spiro atoms. The van der Waals surface area contributed by atoms with Crippen molar-refractivity contribution in [3.63, 3.8) is 0 Å². The van der Waals surface area contributed by atoms with Crippen LogP contribution in [0, 0.1) is 0 Å². The van der Waals surface area contributed by atoms with E-state index >= 15 is 0 Å². The number of sulfonamides is 1. The molecule has 0 unspecified atom stereocenters. The third-order valence-corrected chi connectivity index (χ3v) is 8.03. The fraction of sp³-hybridized carbons (Fsp3) is 0.227. The first-order chi connectivity index (χ1) is 15.6.